The van der Waals surface area contributed by atoms with Crippen LogP contribution < -0.4 is 9.46 Å². The normalized spacial score (nSPS) is 12.8. The summed E-state index contributed by atoms with van der Waals surface area (Å²) in [4.78, 5) is 11.3. The summed E-state index contributed by atoms with van der Waals surface area (Å²) >= 11 is 4.17. The van der Waals surface area contributed by atoms with Crippen LogP contribution in [0.15, 0.2) is 29.0 Å². The van der Waals surface area contributed by atoms with Crippen molar-refractivity contribution in [2.24, 2.45) is 0 Å². The third kappa shape index (κ3) is 6.38. The predicted molar refractivity (Wildman–Crippen MR) is 106 cm³/mol. The first-order chi connectivity index (χ1) is 11.7. The summed E-state index contributed by atoms with van der Waals surface area (Å²) in [6.07, 6.45) is 2.41. The lowest BCUT2D eigenvalue weighted by Crippen LogP contribution is -2.41. The van der Waals surface area contributed by atoms with E-state index in [0.29, 0.717) is 17.0 Å². The number of carboxylic acids is 1. The molecule has 136 valence electrons. The number of ether oxygens (including phenoxy) is 1. The lowest BCUT2D eigenvalue weighted by molar-refractivity contribution is -0.138. The zero-order valence-corrected chi connectivity index (χ0v) is 18.0. The lowest BCUT2D eigenvalue weighted by Gasteiger charge is -2.15. The van der Waals surface area contributed by atoms with Crippen LogP contribution in [0.5, 0.6) is 5.75 Å². The molecule has 0 radical (unpaired) electrons. The molecule has 0 aliphatic rings. The Morgan fingerprint density at radius 2 is 2.04 bits per heavy atom. The Hall–Kier alpha value is -0.930. The average molecular weight is 592 g/mol. The van der Waals surface area contributed by atoms with E-state index in [0.717, 1.165) is 13.4 Å². The SMILES string of the molecule is CS(=O)(=O)NC(Cc1cc(I)c(OCc2ccon2)c(I)c1)C(=O)O. The predicted octanol–water partition coefficient (Wildman–Crippen LogP) is 2.01. The summed E-state index contributed by atoms with van der Waals surface area (Å²) in [5.41, 5.74) is 1.34. The van der Waals surface area contributed by atoms with Gasteiger partial charge in [0, 0.05) is 6.07 Å². The second-order valence-electron chi connectivity index (χ2n) is 5.15. The number of hydrogen-bond donors (Lipinski definition) is 2. The molecule has 0 fully saturated rings. The highest BCUT2D eigenvalue weighted by Crippen LogP contribution is 2.30. The number of sulfonamides is 1. The standard InChI is InChI=1S/C14H14I2N2O6S/c1-25(21,22)18-12(14(19)20)6-8-4-10(15)13(11(16)5-8)23-7-9-2-3-24-17-9/h2-5,12,18H,6-7H2,1H3,(H,19,20). The van der Waals surface area contributed by atoms with Crippen LogP contribution in [0.3, 0.4) is 0 Å². The first kappa shape index (κ1) is 20.4. The Morgan fingerprint density at radius 1 is 1.40 bits per heavy atom. The maximum atomic E-state index is 11.3. The fraction of sp³-hybridized carbons (Fsp3) is 0.286. The van der Waals surface area contributed by atoms with Gasteiger partial charge in [-0.05, 0) is 69.3 Å². The van der Waals surface area contributed by atoms with Gasteiger partial charge >= 0.3 is 5.97 Å². The van der Waals surface area contributed by atoms with Gasteiger partial charge in [0.2, 0.25) is 10.0 Å². The minimum absolute atomic E-state index is 0.0258. The van der Waals surface area contributed by atoms with Gasteiger partial charge in [0.05, 0.1) is 13.4 Å². The number of aromatic nitrogens is 1. The first-order valence-electron chi connectivity index (χ1n) is 6.86. The van der Waals surface area contributed by atoms with Gasteiger partial charge in [-0.25, -0.2) is 13.1 Å². The molecule has 0 saturated heterocycles. The monoisotopic (exact) mass is 592 g/mol. The van der Waals surface area contributed by atoms with E-state index < -0.39 is 22.0 Å². The molecule has 1 aromatic carbocycles. The fourth-order valence-corrected chi connectivity index (χ4v) is 4.91. The summed E-state index contributed by atoms with van der Waals surface area (Å²) in [6, 6.07) is 3.99. The van der Waals surface area contributed by atoms with E-state index in [-0.39, 0.29) is 13.0 Å². The van der Waals surface area contributed by atoms with Gasteiger partial charge in [-0.15, -0.1) is 0 Å². The highest BCUT2D eigenvalue weighted by molar-refractivity contribution is 14.1. The van der Waals surface area contributed by atoms with Gasteiger partial charge < -0.3 is 14.4 Å². The van der Waals surface area contributed by atoms with E-state index in [1.165, 1.54) is 6.26 Å². The Bertz CT molecular complexity index is 831. The molecular formula is C14H14I2N2O6S. The number of hydrogen-bond acceptors (Lipinski definition) is 6. The van der Waals surface area contributed by atoms with Crippen LogP contribution in [0.2, 0.25) is 0 Å². The number of rotatable bonds is 8. The van der Waals surface area contributed by atoms with Crippen LogP contribution in [0.4, 0.5) is 0 Å². The molecule has 25 heavy (non-hydrogen) atoms. The zero-order valence-electron chi connectivity index (χ0n) is 12.9. The van der Waals surface area contributed by atoms with E-state index in [1.54, 1.807) is 18.2 Å². The number of halogens is 2. The van der Waals surface area contributed by atoms with Crippen LogP contribution in [-0.4, -0.2) is 36.9 Å². The summed E-state index contributed by atoms with van der Waals surface area (Å²) in [5.74, 6) is -0.585. The van der Waals surface area contributed by atoms with Gasteiger partial charge in [-0.2, -0.15) is 0 Å². The zero-order chi connectivity index (χ0) is 18.6. The van der Waals surface area contributed by atoms with Crippen molar-refractivity contribution in [3.63, 3.8) is 0 Å². The molecule has 0 amide bonds. The first-order valence-corrected chi connectivity index (χ1v) is 10.9. The Labute approximate surface area is 171 Å². The molecule has 1 heterocycles. The average Bonchev–Trinajstić information content (AvgIpc) is 2.97. The largest absolute Gasteiger partial charge is 0.485 e. The van der Waals surface area contributed by atoms with E-state index >= 15 is 0 Å². The molecule has 8 nitrogen and oxygen atoms in total. The summed E-state index contributed by atoms with van der Waals surface area (Å²) in [5, 5.41) is 13.0. The molecule has 2 aromatic rings. The smallest absolute Gasteiger partial charge is 0.322 e. The lowest BCUT2D eigenvalue weighted by atomic mass is 10.1. The van der Waals surface area contributed by atoms with Crippen molar-refractivity contribution < 1.29 is 27.6 Å². The van der Waals surface area contributed by atoms with E-state index in [4.69, 9.17) is 9.26 Å². The van der Waals surface area contributed by atoms with Gasteiger partial charge in [-0.3, -0.25) is 4.79 Å². The molecule has 1 aromatic heterocycles. The fourth-order valence-electron chi connectivity index (χ4n) is 2.00. The second-order valence-corrected chi connectivity index (χ2v) is 9.26. The number of nitrogens with one attached hydrogen (secondary N) is 1. The maximum Gasteiger partial charge on any atom is 0.322 e. The quantitative estimate of drug-likeness (QED) is 0.451. The summed E-state index contributed by atoms with van der Waals surface area (Å²) < 4.78 is 36.8. The maximum absolute atomic E-state index is 11.3. The van der Waals surface area contributed by atoms with Crippen molar-refractivity contribution in [2.45, 2.75) is 19.1 Å². The molecule has 0 aliphatic carbocycles. The Balaban J connectivity index is 2.15. The Kier molecular flexibility index (Phi) is 7.04. The minimum atomic E-state index is -3.63. The van der Waals surface area contributed by atoms with Crippen LogP contribution in [0.25, 0.3) is 0 Å². The van der Waals surface area contributed by atoms with E-state index in [2.05, 4.69) is 55.1 Å². The number of benzene rings is 1. The van der Waals surface area contributed by atoms with Crippen molar-refractivity contribution >= 4 is 61.2 Å². The van der Waals surface area contributed by atoms with Crippen molar-refractivity contribution in [3.8, 4) is 5.75 Å². The van der Waals surface area contributed by atoms with Crippen molar-refractivity contribution in [2.75, 3.05) is 6.26 Å². The minimum Gasteiger partial charge on any atom is -0.485 e. The molecule has 1 atom stereocenters. The van der Waals surface area contributed by atoms with E-state index in [9.17, 15) is 18.3 Å². The molecule has 0 saturated carbocycles. The summed E-state index contributed by atoms with van der Waals surface area (Å²) in [7, 11) is -3.63. The second kappa shape index (κ2) is 8.64. The molecule has 0 bridgehead atoms. The van der Waals surface area contributed by atoms with Crippen molar-refractivity contribution in [1.82, 2.24) is 9.88 Å². The van der Waals surface area contributed by atoms with Crippen molar-refractivity contribution in [3.05, 3.63) is 42.9 Å². The van der Waals surface area contributed by atoms with Gasteiger partial charge in [0.25, 0.3) is 0 Å². The van der Waals surface area contributed by atoms with Gasteiger partial charge in [0.15, 0.2) is 0 Å². The van der Waals surface area contributed by atoms with Crippen LogP contribution in [-0.2, 0) is 27.8 Å². The molecule has 0 aliphatic heterocycles. The van der Waals surface area contributed by atoms with Gasteiger partial charge in [-0.1, -0.05) is 5.16 Å². The topological polar surface area (TPSA) is 119 Å². The number of nitrogens with zero attached hydrogens (tertiary/aromatic N) is 1. The number of aliphatic carboxylic acids is 1. The van der Waals surface area contributed by atoms with Crippen LogP contribution in [0.1, 0.15) is 11.3 Å². The molecule has 0 spiro atoms. The molecule has 1 unspecified atom stereocenters. The van der Waals surface area contributed by atoms with Crippen LogP contribution >= 0.6 is 45.2 Å². The molecule has 2 N–H and O–H groups in total. The third-order valence-electron chi connectivity index (χ3n) is 3.01. The third-order valence-corrected chi connectivity index (χ3v) is 5.32. The number of carboxylic acid groups (broad SMARTS) is 1. The van der Waals surface area contributed by atoms with Gasteiger partial charge in [0.1, 0.15) is 30.4 Å². The highest BCUT2D eigenvalue weighted by Gasteiger charge is 2.23. The molecule has 2 rings (SSSR count). The summed E-state index contributed by atoms with van der Waals surface area (Å²) in [6.45, 7) is 0.245. The van der Waals surface area contributed by atoms with E-state index in [1.807, 2.05) is 0 Å². The van der Waals surface area contributed by atoms with Crippen molar-refractivity contribution in [1.29, 1.82) is 0 Å². The molecule has 11 heteroatoms. The highest BCUT2D eigenvalue weighted by atomic mass is 127. The van der Waals surface area contributed by atoms with Crippen LogP contribution in [0, 0.1) is 7.14 Å². The Morgan fingerprint density at radius 3 is 2.52 bits per heavy atom. The number of carbonyl (C=O) groups is 1. The molecular weight excluding hydrogens is 578 g/mol.